The second-order valence-electron chi connectivity index (χ2n) is 5.09. The SMILES string of the molecule is CCCCCOc1c(OC)cc([N+](=O)[O-])c2nccc(C)c12. The van der Waals surface area contributed by atoms with Crippen LogP contribution in [0.25, 0.3) is 10.9 Å². The summed E-state index contributed by atoms with van der Waals surface area (Å²) in [5.41, 5.74) is 1.13. The van der Waals surface area contributed by atoms with Crippen LogP contribution in [0.5, 0.6) is 11.5 Å². The maximum absolute atomic E-state index is 11.3. The topological polar surface area (TPSA) is 74.5 Å². The monoisotopic (exact) mass is 304 g/mol. The van der Waals surface area contributed by atoms with Crippen molar-refractivity contribution in [3.05, 3.63) is 34.0 Å². The maximum atomic E-state index is 11.3. The molecular weight excluding hydrogens is 284 g/mol. The molecule has 6 nitrogen and oxygen atoms in total. The largest absolute Gasteiger partial charge is 0.493 e. The van der Waals surface area contributed by atoms with Gasteiger partial charge in [-0.2, -0.15) is 0 Å². The third-order valence-corrected chi connectivity index (χ3v) is 3.53. The van der Waals surface area contributed by atoms with Gasteiger partial charge in [-0.05, 0) is 25.0 Å². The van der Waals surface area contributed by atoms with E-state index in [-0.39, 0.29) is 5.69 Å². The normalized spacial score (nSPS) is 10.7. The van der Waals surface area contributed by atoms with Gasteiger partial charge < -0.3 is 9.47 Å². The highest BCUT2D eigenvalue weighted by molar-refractivity contribution is 5.96. The molecule has 0 spiro atoms. The van der Waals surface area contributed by atoms with Crippen molar-refractivity contribution in [2.45, 2.75) is 33.1 Å². The molecule has 0 unspecified atom stereocenters. The minimum atomic E-state index is -0.446. The van der Waals surface area contributed by atoms with E-state index in [0.717, 1.165) is 24.8 Å². The highest BCUT2D eigenvalue weighted by atomic mass is 16.6. The van der Waals surface area contributed by atoms with Crippen LogP contribution < -0.4 is 9.47 Å². The Bertz CT molecular complexity index is 685. The summed E-state index contributed by atoms with van der Waals surface area (Å²) in [4.78, 5) is 15.0. The second kappa shape index (κ2) is 7.06. The lowest BCUT2D eigenvalue weighted by atomic mass is 10.1. The van der Waals surface area contributed by atoms with Gasteiger partial charge in [0.2, 0.25) is 0 Å². The summed E-state index contributed by atoms with van der Waals surface area (Å²) in [5, 5.41) is 11.9. The number of ether oxygens (including phenoxy) is 2. The first-order valence-electron chi connectivity index (χ1n) is 7.33. The summed E-state index contributed by atoms with van der Waals surface area (Å²) in [6, 6.07) is 3.19. The molecule has 0 N–H and O–H groups in total. The van der Waals surface area contributed by atoms with E-state index in [1.807, 2.05) is 13.0 Å². The Hall–Kier alpha value is -2.37. The molecule has 0 aliphatic carbocycles. The number of nitro benzene ring substituents is 1. The predicted molar refractivity (Wildman–Crippen MR) is 84.7 cm³/mol. The molecule has 0 saturated heterocycles. The Morgan fingerprint density at radius 3 is 2.77 bits per heavy atom. The summed E-state index contributed by atoms with van der Waals surface area (Å²) in [6.07, 6.45) is 4.67. The first-order chi connectivity index (χ1) is 10.6. The molecule has 118 valence electrons. The predicted octanol–water partition coefficient (Wildman–Crippen LogP) is 4.03. The van der Waals surface area contributed by atoms with Crippen LogP contribution in [0.1, 0.15) is 31.7 Å². The van der Waals surface area contributed by atoms with Crippen molar-refractivity contribution in [2.75, 3.05) is 13.7 Å². The number of rotatable bonds is 7. The lowest BCUT2D eigenvalue weighted by Gasteiger charge is -2.14. The fourth-order valence-corrected chi connectivity index (χ4v) is 2.38. The lowest BCUT2D eigenvalue weighted by Crippen LogP contribution is -2.03. The third-order valence-electron chi connectivity index (χ3n) is 3.53. The molecule has 0 aliphatic rings. The minimum Gasteiger partial charge on any atom is -0.493 e. The van der Waals surface area contributed by atoms with Gasteiger partial charge >= 0.3 is 0 Å². The molecular formula is C16H20N2O4. The molecule has 1 heterocycles. The van der Waals surface area contributed by atoms with E-state index < -0.39 is 4.92 Å². The average Bonchev–Trinajstić information content (AvgIpc) is 2.51. The van der Waals surface area contributed by atoms with E-state index in [1.54, 1.807) is 6.20 Å². The van der Waals surface area contributed by atoms with Gasteiger partial charge in [-0.25, -0.2) is 4.98 Å². The van der Waals surface area contributed by atoms with Crippen molar-refractivity contribution >= 4 is 16.6 Å². The Labute approximate surface area is 129 Å². The second-order valence-corrected chi connectivity index (χ2v) is 5.09. The number of non-ortho nitro benzene ring substituents is 1. The molecule has 0 amide bonds. The van der Waals surface area contributed by atoms with E-state index >= 15 is 0 Å². The number of aromatic nitrogens is 1. The molecule has 0 fully saturated rings. The van der Waals surface area contributed by atoms with Gasteiger partial charge in [-0.1, -0.05) is 19.8 Å². The lowest BCUT2D eigenvalue weighted by molar-refractivity contribution is -0.383. The van der Waals surface area contributed by atoms with Crippen LogP contribution in [0, 0.1) is 17.0 Å². The van der Waals surface area contributed by atoms with E-state index in [2.05, 4.69) is 11.9 Å². The van der Waals surface area contributed by atoms with Gasteiger partial charge in [-0.3, -0.25) is 10.1 Å². The Kier molecular flexibility index (Phi) is 5.14. The maximum Gasteiger partial charge on any atom is 0.299 e. The Morgan fingerprint density at radius 1 is 1.36 bits per heavy atom. The van der Waals surface area contributed by atoms with Crippen LogP contribution in [0.4, 0.5) is 5.69 Å². The standard InChI is InChI=1S/C16H20N2O4/c1-4-5-6-9-22-16-13(21-3)10-12(18(19)20)15-14(16)11(2)7-8-17-15/h7-8,10H,4-6,9H2,1-3H3. The summed E-state index contributed by atoms with van der Waals surface area (Å²) in [7, 11) is 1.48. The molecule has 0 atom stereocenters. The number of hydrogen-bond donors (Lipinski definition) is 0. The summed E-state index contributed by atoms with van der Waals surface area (Å²) in [6.45, 7) is 4.55. The molecule has 1 aromatic carbocycles. The highest BCUT2D eigenvalue weighted by Gasteiger charge is 2.23. The van der Waals surface area contributed by atoms with Gasteiger partial charge in [0, 0.05) is 6.20 Å². The molecule has 0 saturated carbocycles. The van der Waals surface area contributed by atoms with Crippen LogP contribution in [-0.2, 0) is 0 Å². The average molecular weight is 304 g/mol. The minimum absolute atomic E-state index is 0.0727. The summed E-state index contributed by atoms with van der Waals surface area (Å²) in [5.74, 6) is 0.900. The first kappa shape index (κ1) is 16.0. The molecule has 0 aliphatic heterocycles. The highest BCUT2D eigenvalue weighted by Crippen LogP contribution is 2.41. The zero-order valence-electron chi connectivity index (χ0n) is 13.1. The molecule has 2 rings (SSSR count). The Balaban J connectivity index is 2.57. The van der Waals surface area contributed by atoms with E-state index in [4.69, 9.17) is 9.47 Å². The number of benzene rings is 1. The van der Waals surface area contributed by atoms with Crippen molar-refractivity contribution in [3.63, 3.8) is 0 Å². The van der Waals surface area contributed by atoms with E-state index in [0.29, 0.717) is 29.0 Å². The number of nitrogens with zero attached hydrogens (tertiary/aromatic N) is 2. The quantitative estimate of drug-likeness (QED) is 0.438. The number of pyridine rings is 1. The van der Waals surface area contributed by atoms with Crippen LogP contribution in [-0.4, -0.2) is 23.6 Å². The molecule has 22 heavy (non-hydrogen) atoms. The number of aryl methyl sites for hydroxylation is 1. The fourth-order valence-electron chi connectivity index (χ4n) is 2.38. The number of fused-ring (bicyclic) bond motifs is 1. The van der Waals surface area contributed by atoms with Crippen molar-refractivity contribution in [3.8, 4) is 11.5 Å². The Morgan fingerprint density at radius 2 is 2.14 bits per heavy atom. The molecule has 6 heteroatoms. The van der Waals surface area contributed by atoms with Crippen molar-refractivity contribution in [1.82, 2.24) is 4.98 Å². The zero-order valence-corrected chi connectivity index (χ0v) is 13.1. The molecule has 0 bridgehead atoms. The molecule has 0 radical (unpaired) electrons. The van der Waals surface area contributed by atoms with Gasteiger partial charge in [0.25, 0.3) is 5.69 Å². The first-order valence-corrected chi connectivity index (χ1v) is 7.33. The van der Waals surface area contributed by atoms with Crippen molar-refractivity contribution < 1.29 is 14.4 Å². The van der Waals surface area contributed by atoms with Crippen molar-refractivity contribution in [1.29, 1.82) is 0 Å². The van der Waals surface area contributed by atoms with E-state index in [1.165, 1.54) is 13.2 Å². The van der Waals surface area contributed by atoms with E-state index in [9.17, 15) is 10.1 Å². The van der Waals surface area contributed by atoms with Crippen molar-refractivity contribution in [2.24, 2.45) is 0 Å². The number of hydrogen-bond acceptors (Lipinski definition) is 5. The van der Waals surface area contributed by atoms with Gasteiger partial charge in [0.1, 0.15) is 0 Å². The molecule has 1 aromatic heterocycles. The van der Waals surface area contributed by atoms with Crippen LogP contribution >= 0.6 is 0 Å². The van der Waals surface area contributed by atoms with Gasteiger partial charge in [0.05, 0.1) is 30.1 Å². The smallest absolute Gasteiger partial charge is 0.299 e. The van der Waals surface area contributed by atoms with Gasteiger partial charge in [0.15, 0.2) is 17.0 Å². The zero-order chi connectivity index (χ0) is 16.1. The summed E-state index contributed by atoms with van der Waals surface area (Å²) < 4.78 is 11.2. The van der Waals surface area contributed by atoms with Gasteiger partial charge in [-0.15, -0.1) is 0 Å². The number of unbranched alkanes of at least 4 members (excludes halogenated alkanes) is 2. The fraction of sp³-hybridized carbons (Fsp3) is 0.438. The third kappa shape index (κ3) is 3.10. The number of nitro groups is 1. The summed E-state index contributed by atoms with van der Waals surface area (Å²) >= 11 is 0. The molecule has 2 aromatic rings. The van der Waals surface area contributed by atoms with Crippen LogP contribution in [0.3, 0.4) is 0 Å². The number of methoxy groups -OCH3 is 1. The van der Waals surface area contributed by atoms with Crippen LogP contribution in [0.2, 0.25) is 0 Å². The van der Waals surface area contributed by atoms with Crippen LogP contribution in [0.15, 0.2) is 18.3 Å².